The van der Waals surface area contributed by atoms with Crippen LogP contribution in [0.1, 0.15) is 15.2 Å². The zero-order valence-corrected chi connectivity index (χ0v) is 16.7. The van der Waals surface area contributed by atoms with Gasteiger partial charge < -0.3 is 4.57 Å². The maximum Gasteiger partial charge on any atom is 0.280 e. The van der Waals surface area contributed by atoms with Gasteiger partial charge in [0, 0.05) is 29.1 Å². The molecule has 0 N–H and O–H groups in total. The smallest absolute Gasteiger partial charge is 0.280 e. The first-order valence-electron chi connectivity index (χ1n) is 8.12. The van der Waals surface area contributed by atoms with Crippen LogP contribution in [0.25, 0.3) is 11.3 Å². The van der Waals surface area contributed by atoms with Gasteiger partial charge in [-0.3, -0.25) is 25.0 Å². The molecule has 3 aromatic rings. The predicted molar refractivity (Wildman–Crippen MR) is 108 cm³/mol. The van der Waals surface area contributed by atoms with Crippen LogP contribution in [0.2, 0.25) is 5.02 Å². The molecule has 1 heterocycles. The summed E-state index contributed by atoms with van der Waals surface area (Å²) in [7, 11) is 1.73. The molecule has 0 saturated carbocycles. The number of carbonyl (C=O) groups excluding carboxylic acids is 1. The molecule has 1 amide bonds. The average molecular weight is 433 g/mol. The molecule has 11 heteroatoms. The van der Waals surface area contributed by atoms with Gasteiger partial charge in [-0.25, -0.2) is 0 Å². The van der Waals surface area contributed by atoms with Gasteiger partial charge in [-0.15, -0.1) is 11.3 Å². The maximum atomic E-state index is 12.6. The van der Waals surface area contributed by atoms with Gasteiger partial charge >= 0.3 is 0 Å². The van der Waals surface area contributed by atoms with Crippen molar-refractivity contribution in [3.63, 3.8) is 0 Å². The van der Waals surface area contributed by atoms with Crippen LogP contribution in [0.5, 0.6) is 0 Å². The van der Waals surface area contributed by atoms with Crippen LogP contribution in [-0.4, -0.2) is 20.3 Å². The highest BCUT2D eigenvalue weighted by Gasteiger charge is 2.20. The van der Waals surface area contributed by atoms with E-state index in [1.165, 1.54) is 11.3 Å². The van der Waals surface area contributed by atoms with Crippen molar-refractivity contribution in [2.75, 3.05) is 0 Å². The predicted octanol–water partition coefficient (Wildman–Crippen LogP) is 4.27. The molecule has 0 unspecified atom stereocenters. The lowest BCUT2D eigenvalue weighted by Crippen LogP contribution is -2.14. The fourth-order valence-electron chi connectivity index (χ4n) is 2.77. The van der Waals surface area contributed by atoms with Crippen LogP contribution in [0.15, 0.2) is 47.5 Å². The van der Waals surface area contributed by atoms with Crippen molar-refractivity contribution in [3.8, 4) is 11.3 Å². The van der Waals surface area contributed by atoms with E-state index < -0.39 is 27.1 Å². The van der Waals surface area contributed by atoms with E-state index in [-0.39, 0.29) is 5.56 Å². The molecule has 2 aromatic carbocycles. The summed E-state index contributed by atoms with van der Waals surface area (Å²) in [5.74, 6) is -0.809. The Bertz CT molecular complexity index is 1180. The molecule has 0 fully saturated rings. The fourth-order valence-corrected chi connectivity index (χ4v) is 3.88. The molecule has 0 aliphatic rings. The molecule has 0 radical (unpaired) electrons. The van der Waals surface area contributed by atoms with Crippen LogP contribution in [0.3, 0.4) is 0 Å². The number of hydrogen-bond acceptors (Lipinski definition) is 6. The van der Waals surface area contributed by atoms with Crippen LogP contribution in [0.4, 0.5) is 11.4 Å². The van der Waals surface area contributed by atoms with Crippen molar-refractivity contribution in [3.05, 3.63) is 83.0 Å². The zero-order valence-electron chi connectivity index (χ0n) is 15.2. The largest absolute Gasteiger partial charge is 0.319 e. The molecule has 3 rings (SSSR count). The fraction of sp³-hybridized carbons (Fsp3) is 0.111. The second kappa shape index (κ2) is 7.94. The molecule has 148 valence electrons. The Morgan fingerprint density at radius 1 is 1.07 bits per heavy atom. The number of hydrogen-bond donors (Lipinski definition) is 0. The lowest BCUT2D eigenvalue weighted by Gasteiger charge is -2.04. The van der Waals surface area contributed by atoms with Crippen molar-refractivity contribution in [2.24, 2.45) is 12.0 Å². The summed E-state index contributed by atoms with van der Waals surface area (Å²) < 4.78 is 1.72. The average Bonchev–Trinajstić information content (AvgIpc) is 2.95. The normalized spacial score (nSPS) is 11.5. The Balaban J connectivity index is 2.09. The number of carbonyl (C=O) groups is 1. The number of benzene rings is 2. The van der Waals surface area contributed by atoms with E-state index >= 15 is 0 Å². The third-order valence-electron chi connectivity index (χ3n) is 4.09. The van der Waals surface area contributed by atoms with E-state index in [1.54, 1.807) is 23.7 Å². The number of aromatic nitrogens is 1. The molecule has 0 saturated heterocycles. The Hall–Kier alpha value is -3.37. The topological polar surface area (TPSA) is 121 Å². The number of thiazole rings is 1. The van der Waals surface area contributed by atoms with E-state index in [1.807, 2.05) is 19.1 Å². The summed E-state index contributed by atoms with van der Waals surface area (Å²) in [6.45, 7) is 1.87. The van der Waals surface area contributed by atoms with Gasteiger partial charge in [0.2, 0.25) is 0 Å². The Labute approximate surface area is 172 Å². The SMILES string of the molecule is Cc1sc(=NC(=O)c2cc([N+](=O)[O-])cc([N+](=O)[O-])c2)n(C)c1-c1ccc(Cl)cc1. The number of nitro benzene ring substituents is 2. The Kier molecular flexibility index (Phi) is 5.57. The second-order valence-electron chi connectivity index (χ2n) is 6.02. The van der Waals surface area contributed by atoms with Gasteiger partial charge in [-0.1, -0.05) is 23.7 Å². The monoisotopic (exact) mass is 432 g/mol. The molecule has 0 bridgehead atoms. The molecular weight excluding hydrogens is 420 g/mol. The molecule has 0 aliphatic heterocycles. The van der Waals surface area contributed by atoms with Gasteiger partial charge in [0.1, 0.15) is 0 Å². The van der Waals surface area contributed by atoms with Crippen LogP contribution in [-0.2, 0) is 7.05 Å². The number of nitro groups is 2. The third kappa shape index (κ3) is 4.23. The lowest BCUT2D eigenvalue weighted by atomic mass is 10.1. The van der Waals surface area contributed by atoms with Crippen molar-refractivity contribution in [1.29, 1.82) is 0 Å². The summed E-state index contributed by atoms with van der Waals surface area (Å²) >= 11 is 7.19. The standard InChI is InChI=1S/C18H13ClN4O5S/c1-10-16(11-3-5-13(19)6-4-11)21(2)18(29-10)20-17(24)12-7-14(22(25)26)9-15(8-12)23(27)28/h3-9H,1-2H3. The number of aryl methyl sites for hydroxylation is 1. The highest BCUT2D eigenvalue weighted by molar-refractivity contribution is 7.09. The number of halogens is 1. The summed E-state index contributed by atoms with van der Waals surface area (Å²) in [5, 5.41) is 22.6. The van der Waals surface area contributed by atoms with Gasteiger partial charge in [0.05, 0.1) is 27.2 Å². The van der Waals surface area contributed by atoms with Crippen LogP contribution in [0, 0.1) is 27.2 Å². The van der Waals surface area contributed by atoms with Gasteiger partial charge in [0.25, 0.3) is 17.3 Å². The zero-order chi connectivity index (χ0) is 21.3. The number of non-ortho nitro benzene ring substituents is 2. The van der Waals surface area contributed by atoms with Crippen molar-refractivity contribution in [1.82, 2.24) is 4.57 Å². The molecular formula is C18H13ClN4O5S. The quantitative estimate of drug-likeness (QED) is 0.450. The van der Waals surface area contributed by atoms with Crippen LogP contribution < -0.4 is 4.80 Å². The first-order chi connectivity index (χ1) is 13.7. The first-order valence-corrected chi connectivity index (χ1v) is 9.32. The van der Waals surface area contributed by atoms with Crippen molar-refractivity contribution < 1.29 is 14.6 Å². The van der Waals surface area contributed by atoms with Crippen molar-refractivity contribution in [2.45, 2.75) is 6.92 Å². The summed E-state index contributed by atoms with van der Waals surface area (Å²) in [6, 6.07) is 9.92. The number of rotatable bonds is 4. The second-order valence-corrected chi connectivity index (χ2v) is 7.64. The Morgan fingerprint density at radius 3 is 2.14 bits per heavy atom. The lowest BCUT2D eigenvalue weighted by molar-refractivity contribution is -0.394. The highest BCUT2D eigenvalue weighted by atomic mass is 35.5. The molecule has 0 aliphatic carbocycles. The number of amides is 1. The van der Waals surface area contributed by atoms with E-state index in [0.29, 0.717) is 9.82 Å². The van der Waals surface area contributed by atoms with E-state index in [2.05, 4.69) is 4.99 Å². The summed E-state index contributed by atoms with van der Waals surface area (Å²) in [4.78, 5) is 38.3. The maximum absolute atomic E-state index is 12.6. The molecule has 0 spiro atoms. The van der Waals surface area contributed by atoms with E-state index in [0.717, 1.165) is 34.3 Å². The number of nitrogens with zero attached hydrogens (tertiary/aromatic N) is 4. The van der Waals surface area contributed by atoms with Gasteiger partial charge in [-0.2, -0.15) is 4.99 Å². The van der Waals surface area contributed by atoms with Gasteiger partial charge in [0.15, 0.2) is 4.80 Å². The highest BCUT2D eigenvalue weighted by Crippen LogP contribution is 2.26. The molecule has 0 atom stereocenters. The minimum atomic E-state index is -0.809. The van der Waals surface area contributed by atoms with Gasteiger partial charge in [-0.05, 0) is 24.6 Å². The molecule has 1 aromatic heterocycles. The summed E-state index contributed by atoms with van der Waals surface area (Å²) in [6.07, 6.45) is 0. The minimum Gasteiger partial charge on any atom is -0.319 e. The summed E-state index contributed by atoms with van der Waals surface area (Å²) in [5.41, 5.74) is 0.386. The van der Waals surface area contributed by atoms with Crippen LogP contribution >= 0.6 is 22.9 Å². The Morgan fingerprint density at radius 2 is 1.62 bits per heavy atom. The third-order valence-corrected chi connectivity index (χ3v) is 5.39. The minimum absolute atomic E-state index is 0.231. The van der Waals surface area contributed by atoms with E-state index in [4.69, 9.17) is 11.6 Å². The first kappa shape index (κ1) is 20.4. The molecule has 29 heavy (non-hydrogen) atoms. The van der Waals surface area contributed by atoms with E-state index in [9.17, 15) is 25.0 Å². The molecule has 9 nitrogen and oxygen atoms in total. The van der Waals surface area contributed by atoms with Crippen molar-refractivity contribution >= 4 is 40.2 Å².